The highest BCUT2D eigenvalue weighted by Crippen LogP contribution is 2.37. The Bertz CT molecular complexity index is 1350. The van der Waals surface area contributed by atoms with Crippen LogP contribution in [-0.2, 0) is 28.6 Å². The van der Waals surface area contributed by atoms with Gasteiger partial charge in [0.2, 0.25) is 5.66 Å². The van der Waals surface area contributed by atoms with Gasteiger partial charge < -0.3 is 19.7 Å². The normalized spacial score (nSPS) is 13.0. The van der Waals surface area contributed by atoms with Gasteiger partial charge in [-0.25, -0.2) is 9.59 Å². The number of non-ortho nitro benzene ring substituents is 1. The maximum Gasteiger partial charge on any atom is 0.409 e. The number of halogens is 1. The molecule has 2 amide bonds. The van der Waals surface area contributed by atoms with Crippen molar-refractivity contribution in [3.05, 3.63) is 37.9 Å². The van der Waals surface area contributed by atoms with Crippen LogP contribution in [0.5, 0.6) is 0 Å². The SMILES string of the molecule is CCOC(=O)C(CC(C)C)(NC(=O)OC(C)(C)C)NC(=O)c1cc([N+](=O)[O-])cc([N+](=O)[O-])c1N(CCBr)CCOS(C)(=O)=O. The molecule has 1 rings (SSSR count). The molecule has 19 heteroatoms. The Labute approximate surface area is 263 Å². The highest BCUT2D eigenvalue weighted by Gasteiger charge is 2.46. The summed E-state index contributed by atoms with van der Waals surface area (Å²) >= 11 is 3.20. The Morgan fingerprint density at radius 1 is 1.07 bits per heavy atom. The molecule has 1 aromatic carbocycles. The zero-order valence-electron chi connectivity index (χ0n) is 25.5. The molecule has 0 saturated carbocycles. The number of benzene rings is 1. The summed E-state index contributed by atoms with van der Waals surface area (Å²) in [6.07, 6.45) is -0.539. The number of ether oxygens (including phenoxy) is 2. The molecule has 44 heavy (non-hydrogen) atoms. The van der Waals surface area contributed by atoms with E-state index < -0.39 is 78.4 Å². The van der Waals surface area contributed by atoms with Crippen LogP contribution in [0, 0.1) is 26.1 Å². The lowest BCUT2D eigenvalue weighted by atomic mass is 9.96. The van der Waals surface area contributed by atoms with E-state index in [1.54, 1.807) is 34.6 Å². The number of carbonyl (C=O) groups excluding carboxylic acids is 3. The third kappa shape index (κ3) is 11.8. The average Bonchev–Trinajstić information content (AvgIpc) is 2.85. The monoisotopic (exact) mass is 711 g/mol. The van der Waals surface area contributed by atoms with Crippen molar-refractivity contribution >= 4 is 61.1 Å². The Morgan fingerprint density at radius 3 is 2.14 bits per heavy atom. The lowest BCUT2D eigenvalue weighted by Gasteiger charge is -2.35. The first-order valence-corrected chi connectivity index (χ1v) is 16.2. The van der Waals surface area contributed by atoms with Gasteiger partial charge in [-0.1, -0.05) is 29.8 Å². The number of rotatable bonds is 16. The standard InChI is InChI=1S/C25H38BrN5O12S/c1-8-41-22(33)25(15-16(2)3,28-23(34)43-24(4,5)6)27-21(32)18-13-17(30(35)36)14-19(31(37)38)20(18)29(10-9-26)11-12-42-44(7,39)40/h13-14,16H,8-12,15H2,1-7H3,(H,27,32)(H,28,34). The van der Waals surface area contributed by atoms with Crippen molar-refractivity contribution in [3.63, 3.8) is 0 Å². The molecule has 0 aliphatic rings. The summed E-state index contributed by atoms with van der Waals surface area (Å²) in [5.41, 5.74) is -5.99. The molecule has 0 saturated heterocycles. The van der Waals surface area contributed by atoms with Crippen molar-refractivity contribution in [1.82, 2.24) is 10.6 Å². The molecule has 0 bridgehead atoms. The molecule has 248 valence electrons. The van der Waals surface area contributed by atoms with Crippen LogP contribution in [0.4, 0.5) is 21.9 Å². The first kappa shape index (κ1) is 38.4. The van der Waals surface area contributed by atoms with Crippen LogP contribution in [0.25, 0.3) is 0 Å². The van der Waals surface area contributed by atoms with Crippen LogP contribution < -0.4 is 15.5 Å². The fourth-order valence-electron chi connectivity index (χ4n) is 4.01. The molecule has 0 aliphatic heterocycles. The molecule has 0 fully saturated rings. The van der Waals surface area contributed by atoms with E-state index in [0.29, 0.717) is 6.07 Å². The van der Waals surface area contributed by atoms with Crippen LogP contribution >= 0.6 is 15.9 Å². The van der Waals surface area contributed by atoms with E-state index in [4.69, 9.17) is 13.7 Å². The predicted molar refractivity (Wildman–Crippen MR) is 162 cm³/mol. The van der Waals surface area contributed by atoms with Crippen molar-refractivity contribution in [3.8, 4) is 0 Å². The van der Waals surface area contributed by atoms with E-state index >= 15 is 0 Å². The number of hydrogen-bond acceptors (Lipinski definition) is 13. The summed E-state index contributed by atoms with van der Waals surface area (Å²) in [6.45, 7) is 8.57. The van der Waals surface area contributed by atoms with E-state index in [2.05, 4.69) is 26.6 Å². The number of hydrogen-bond donors (Lipinski definition) is 2. The van der Waals surface area contributed by atoms with Gasteiger partial charge in [0.1, 0.15) is 11.3 Å². The van der Waals surface area contributed by atoms with Crippen LogP contribution in [0.2, 0.25) is 0 Å². The Hall–Kier alpha value is -3.58. The number of alkyl halides is 1. The number of anilines is 1. The third-order valence-electron chi connectivity index (χ3n) is 5.44. The Morgan fingerprint density at radius 2 is 1.68 bits per heavy atom. The molecule has 0 radical (unpaired) electrons. The minimum Gasteiger partial charge on any atom is -0.463 e. The zero-order valence-corrected chi connectivity index (χ0v) is 27.9. The van der Waals surface area contributed by atoms with Crippen molar-refractivity contribution in [2.45, 2.75) is 59.2 Å². The first-order chi connectivity index (χ1) is 20.2. The highest BCUT2D eigenvalue weighted by atomic mass is 79.9. The van der Waals surface area contributed by atoms with Crippen molar-refractivity contribution < 1.29 is 46.3 Å². The number of carbonyl (C=O) groups is 3. The summed E-state index contributed by atoms with van der Waals surface area (Å²) < 4.78 is 38.3. The second-order valence-electron chi connectivity index (χ2n) is 10.9. The number of amides is 2. The van der Waals surface area contributed by atoms with Crippen LogP contribution in [0.15, 0.2) is 12.1 Å². The van der Waals surface area contributed by atoms with E-state index in [1.807, 2.05) is 0 Å². The fourth-order valence-corrected chi connectivity index (χ4v) is 4.82. The van der Waals surface area contributed by atoms with Gasteiger partial charge in [-0.3, -0.25) is 34.5 Å². The molecule has 1 atom stereocenters. The zero-order chi connectivity index (χ0) is 34.0. The molecule has 1 aromatic rings. The number of esters is 1. The maximum absolute atomic E-state index is 14.0. The van der Waals surface area contributed by atoms with Crippen LogP contribution in [0.3, 0.4) is 0 Å². The van der Waals surface area contributed by atoms with Gasteiger partial charge in [-0.15, -0.1) is 0 Å². The summed E-state index contributed by atoms with van der Waals surface area (Å²) in [4.78, 5) is 63.5. The summed E-state index contributed by atoms with van der Waals surface area (Å²) in [5, 5.41) is 28.8. The van der Waals surface area contributed by atoms with Gasteiger partial charge in [0.15, 0.2) is 0 Å². The van der Waals surface area contributed by atoms with E-state index in [9.17, 15) is 43.0 Å². The summed E-state index contributed by atoms with van der Waals surface area (Å²) in [7, 11) is -3.91. The number of nitro groups is 2. The fraction of sp³-hybridized carbons (Fsp3) is 0.640. The van der Waals surface area contributed by atoms with Gasteiger partial charge in [0.25, 0.3) is 27.4 Å². The van der Waals surface area contributed by atoms with Crippen molar-refractivity contribution in [2.24, 2.45) is 5.92 Å². The highest BCUT2D eigenvalue weighted by molar-refractivity contribution is 9.09. The molecule has 0 spiro atoms. The van der Waals surface area contributed by atoms with Gasteiger partial charge in [-0.2, -0.15) is 8.42 Å². The summed E-state index contributed by atoms with van der Waals surface area (Å²) in [5.74, 6) is -2.68. The summed E-state index contributed by atoms with van der Waals surface area (Å²) in [6, 6.07) is 1.42. The predicted octanol–water partition coefficient (Wildman–Crippen LogP) is 3.24. The van der Waals surface area contributed by atoms with Crippen molar-refractivity contribution in [1.29, 1.82) is 0 Å². The minimum absolute atomic E-state index is 0.0444. The minimum atomic E-state index is -3.91. The number of nitrogens with zero attached hydrogens (tertiary/aromatic N) is 3. The number of nitrogens with one attached hydrogen (secondary N) is 2. The molecule has 0 aromatic heterocycles. The van der Waals surface area contributed by atoms with Gasteiger partial charge in [0.05, 0.1) is 40.9 Å². The lowest BCUT2D eigenvalue weighted by molar-refractivity contribution is -0.393. The lowest BCUT2D eigenvalue weighted by Crippen LogP contribution is -2.67. The van der Waals surface area contributed by atoms with E-state index in [1.165, 1.54) is 11.8 Å². The van der Waals surface area contributed by atoms with Crippen LogP contribution in [0.1, 0.15) is 58.3 Å². The third-order valence-corrected chi connectivity index (χ3v) is 6.39. The van der Waals surface area contributed by atoms with E-state index in [-0.39, 0.29) is 37.4 Å². The molecule has 17 nitrogen and oxygen atoms in total. The second-order valence-corrected chi connectivity index (χ2v) is 13.3. The maximum atomic E-state index is 14.0. The molecular weight excluding hydrogens is 674 g/mol. The quantitative estimate of drug-likeness (QED) is 0.0628. The van der Waals surface area contributed by atoms with E-state index in [0.717, 1.165) is 12.3 Å². The van der Waals surface area contributed by atoms with Gasteiger partial charge in [0, 0.05) is 30.9 Å². The topological polar surface area (TPSA) is 227 Å². The number of alkyl carbamates (subject to hydrolysis) is 1. The Kier molecular flexibility index (Phi) is 13.9. The van der Waals surface area contributed by atoms with Gasteiger partial charge >= 0.3 is 12.1 Å². The molecule has 0 aliphatic carbocycles. The molecule has 2 N–H and O–H groups in total. The van der Waals surface area contributed by atoms with Gasteiger partial charge in [-0.05, 0) is 33.6 Å². The first-order valence-electron chi connectivity index (χ1n) is 13.3. The Balaban J connectivity index is 3.96. The number of nitro benzene ring substituents is 2. The molecule has 1 unspecified atom stereocenters. The largest absolute Gasteiger partial charge is 0.463 e. The molecule has 0 heterocycles. The molecular formula is C25H38BrN5O12S. The smallest absolute Gasteiger partial charge is 0.409 e. The average molecular weight is 713 g/mol. The van der Waals surface area contributed by atoms with Crippen molar-refractivity contribution in [2.75, 3.05) is 42.8 Å². The second kappa shape index (κ2) is 15.9. The van der Waals surface area contributed by atoms with Crippen LogP contribution in [-0.4, -0.2) is 85.4 Å².